The second kappa shape index (κ2) is 8.17. The van der Waals surface area contributed by atoms with E-state index < -0.39 is 0 Å². The Balaban J connectivity index is 1.88. The summed E-state index contributed by atoms with van der Waals surface area (Å²) in [5, 5.41) is 18.4. The molecule has 0 unspecified atom stereocenters. The number of nitrogen functional groups attached to an aromatic ring is 1. The summed E-state index contributed by atoms with van der Waals surface area (Å²) in [6, 6.07) is 15.6. The standard InChI is InChI=1S/C21H17N3O5S/c1-23-11-6-8-12(9-7-11)24-15-10-16(30-29-28-27)19(22)18-17(15)20(25)13-4-2-3-5-14(13)21(18)26/h2-10,23-24,27H,22H2,1H3. The molecule has 0 bridgehead atoms. The minimum atomic E-state index is -0.362. The number of benzene rings is 3. The van der Waals surface area contributed by atoms with Gasteiger partial charge in [0, 0.05) is 29.5 Å². The molecule has 5 N–H and O–H groups in total. The van der Waals surface area contributed by atoms with E-state index in [9.17, 15) is 9.59 Å². The Hall–Kier alpha value is -3.37. The molecule has 0 fully saturated rings. The molecule has 8 nitrogen and oxygen atoms in total. The molecule has 3 aromatic rings. The van der Waals surface area contributed by atoms with E-state index in [4.69, 9.17) is 11.0 Å². The summed E-state index contributed by atoms with van der Waals surface area (Å²) < 4.78 is 4.52. The third-order valence-electron chi connectivity index (χ3n) is 4.81. The zero-order valence-electron chi connectivity index (χ0n) is 15.8. The highest BCUT2D eigenvalue weighted by molar-refractivity contribution is 7.94. The van der Waals surface area contributed by atoms with E-state index in [1.54, 1.807) is 30.3 Å². The van der Waals surface area contributed by atoms with Gasteiger partial charge in [0.1, 0.15) is 0 Å². The number of hydrogen-bond acceptors (Lipinski definition) is 9. The highest BCUT2D eigenvalue weighted by Gasteiger charge is 2.35. The predicted octanol–water partition coefficient (Wildman–Crippen LogP) is 4.26. The van der Waals surface area contributed by atoms with Crippen molar-refractivity contribution in [2.24, 2.45) is 0 Å². The second-order valence-corrected chi connectivity index (χ2v) is 7.21. The van der Waals surface area contributed by atoms with Crippen LogP contribution in [0.25, 0.3) is 0 Å². The number of carbonyl (C=O) groups excluding carboxylic acids is 2. The molecule has 0 saturated heterocycles. The molecule has 1 aliphatic rings. The normalized spacial score (nSPS) is 12.3. The van der Waals surface area contributed by atoms with Crippen LogP contribution in [0.2, 0.25) is 0 Å². The van der Waals surface area contributed by atoms with E-state index in [2.05, 4.69) is 20.0 Å². The number of anilines is 4. The molecule has 0 aromatic heterocycles. The highest BCUT2D eigenvalue weighted by atomic mass is 32.2. The van der Waals surface area contributed by atoms with Gasteiger partial charge in [0.25, 0.3) is 0 Å². The van der Waals surface area contributed by atoms with Gasteiger partial charge in [-0.15, -0.1) is 4.33 Å². The Morgan fingerprint density at radius 1 is 0.933 bits per heavy atom. The first-order valence-electron chi connectivity index (χ1n) is 8.89. The first kappa shape index (κ1) is 19.9. The maximum Gasteiger partial charge on any atom is 0.196 e. The fourth-order valence-electron chi connectivity index (χ4n) is 3.39. The molecule has 0 aliphatic heterocycles. The van der Waals surface area contributed by atoms with Crippen LogP contribution in [0.15, 0.2) is 59.5 Å². The topological polar surface area (TPSA) is 123 Å². The van der Waals surface area contributed by atoms with E-state index in [1.165, 1.54) is 0 Å². The molecule has 30 heavy (non-hydrogen) atoms. The number of ketones is 2. The van der Waals surface area contributed by atoms with Gasteiger partial charge in [-0.05, 0) is 30.3 Å². The zero-order chi connectivity index (χ0) is 21.3. The number of nitrogens with one attached hydrogen (secondary N) is 2. The zero-order valence-corrected chi connectivity index (χ0v) is 16.6. The molecular formula is C21H17N3O5S. The van der Waals surface area contributed by atoms with Crippen LogP contribution in [0.5, 0.6) is 0 Å². The van der Waals surface area contributed by atoms with E-state index in [0.717, 1.165) is 5.69 Å². The molecular weight excluding hydrogens is 406 g/mol. The van der Waals surface area contributed by atoms with E-state index in [0.29, 0.717) is 33.9 Å². The maximum atomic E-state index is 13.3. The molecule has 0 amide bonds. The molecule has 0 radical (unpaired) electrons. The Labute approximate surface area is 176 Å². The molecule has 0 saturated carbocycles. The quantitative estimate of drug-likeness (QED) is 0.156. The molecule has 9 heteroatoms. The molecule has 1 aliphatic carbocycles. The van der Waals surface area contributed by atoms with Crippen molar-refractivity contribution in [2.75, 3.05) is 23.4 Å². The fourth-order valence-corrected chi connectivity index (χ4v) is 3.85. The van der Waals surface area contributed by atoms with E-state index in [-0.39, 0.29) is 33.9 Å². The van der Waals surface area contributed by atoms with Crippen LogP contribution in [0.4, 0.5) is 22.7 Å². The van der Waals surface area contributed by atoms with Gasteiger partial charge in [-0.25, -0.2) is 5.26 Å². The maximum absolute atomic E-state index is 13.3. The lowest BCUT2D eigenvalue weighted by atomic mass is 9.82. The largest absolute Gasteiger partial charge is 0.397 e. The van der Waals surface area contributed by atoms with Crippen molar-refractivity contribution >= 4 is 46.4 Å². The molecule has 0 spiro atoms. The summed E-state index contributed by atoms with van der Waals surface area (Å²) in [4.78, 5) is 26.8. The van der Waals surface area contributed by atoms with Crippen molar-refractivity contribution in [1.29, 1.82) is 0 Å². The van der Waals surface area contributed by atoms with Crippen molar-refractivity contribution in [3.63, 3.8) is 0 Å². The van der Waals surface area contributed by atoms with Crippen molar-refractivity contribution < 1.29 is 24.2 Å². The molecule has 4 rings (SSSR count). The molecule has 3 aromatic carbocycles. The van der Waals surface area contributed by atoms with Crippen LogP contribution in [-0.4, -0.2) is 23.9 Å². The lowest BCUT2D eigenvalue weighted by Crippen LogP contribution is -2.24. The van der Waals surface area contributed by atoms with E-state index in [1.807, 2.05) is 31.3 Å². The van der Waals surface area contributed by atoms with Crippen LogP contribution in [0.1, 0.15) is 31.8 Å². The number of carbonyl (C=O) groups is 2. The Kier molecular flexibility index (Phi) is 5.42. The fraction of sp³-hybridized carbons (Fsp3) is 0.0476. The van der Waals surface area contributed by atoms with Gasteiger partial charge >= 0.3 is 0 Å². The first-order chi connectivity index (χ1) is 14.5. The summed E-state index contributed by atoms with van der Waals surface area (Å²) in [6.07, 6.45) is 0. The van der Waals surface area contributed by atoms with Gasteiger partial charge in [0.05, 0.1) is 39.4 Å². The lowest BCUT2D eigenvalue weighted by molar-refractivity contribution is -0.432. The molecule has 0 heterocycles. The van der Waals surface area contributed by atoms with Gasteiger partial charge in [0.15, 0.2) is 11.6 Å². The molecule has 152 valence electrons. The van der Waals surface area contributed by atoms with Crippen molar-refractivity contribution in [2.45, 2.75) is 4.90 Å². The Morgan fingerprint density at radius 3 is 2.13 bits per heavy atom. The third-order valence-corrected chi connectivity index (χ3v) is 5.45. The highest BCUT2D eigenvalue weighted by Crippen LogP contribution is 2.42. The van der Waals surface area contributed by atoms with Gasteiger partial charge in [-0.3, -0.25) is 9.59 Å². The minimum Gasteiger partial charge on any atom is -0.397 e. The monoisotopic (exact) mass is 423 g/mol. The van der Waals surface area contributed by atoms with Crippen LogP contribution in [0, 0.1) is 0 Å². The van der Waals surface area contributed by atoms with Crippen LogP contribution in [-0.2, 0) is 9.37 Å². The van der Waals surface area contributed by atoms with Crippen molar-refractivity contribution in [3.8, 4) is 0 Å². The summed E-state index contributed by atoms with van der Waals surface area (Å²) in [6.45, 7) is 0. The average molecular weight is 423 g/mol. The number of nitrogens with two attached hydrogens (primary N) is 1. The molecule has 0 atom stereocenters. The van der Waals surface area contributed by atoms with Gasteiger partial charge < -0.3 is 16.4 Å². The lowest BCUT2D eigenvalue weighted by Gasteiger charge is -2.23. The summed E-state index contributed by atoms with van der Waals surface area (Å²) >= 11 is 0.624. The summed E-state index contributed by atoms with van der Waals surface area (Å²) in [5.41, 5.74) is 9.15. The first-order valence-corrected chi connectivity index (χ1v) is 9.63. The Bertz CT molecular complexity index is 1150. The summed E-state index contributed by atoms with van der Waals surface area (Å²) in [7, 11) is 1.81. The predicted molar refractivity (Wildman–Crippen MR) is 114 cm³/mol. The van der Waals surface area contributed by atoms with Gasteiger partial charge in [0.2, 0.25) is 0 Å². The van der Waals surface area contributed by atoms with Crippen LogP contribution in [0.3, 0.4) is 0 Å². The number of fused-ring (bicyclic) bond motifs is 2. The van der Waals surface area contributed by atoms with E-state index >= 15 is 0 Å². The van der Waals surface area contributed by atoms with Crippen LogP contribution < -0.4 is 16.4 Å². The summed E-state index contributed by atoms with van der Waals surface area (Å²) in [5.74, 6) is -0.671. The number of rotatable bonds is 6. The minimum absolute atomic E-state index is 0.0657. The average Bonchev–Trinajstić information content (AvgIpc) is 2.78. The van der Waals surface area contributed by atoms with Gasteiger partial charge in [-0.2, -0.15) is 0 Å². The van der Waals surface area contributed by atoms with Crippen molar-refractivity contribution in [1.82, 2.24) is 0 Å². The number of hydrogen-bond donors (Lipinski definition) is 4. The van der Waals surface area contributed by atoms with Gasteiger partial charge in [-0.1, -0.05) is 29.3 Å². The Morgan fingerprint density at radius 2 is 1.53 bits per heavy atom. The smallest absolute Gasteiger partial charge is 0.196 e. The third kappa shape index (κ3) is 3.40. The van der Waals surface area contributed by atoms with Crippen molar-refractivity contribution in [3.05, 3.63) is 76.9 Å². The SMILES string of the molecule is CNc1ccc(Nc2cc(SOOO)c(N)c3c2C(=O)c2ccccc2C3=O)cc1. The second-order valence-electron chi connectivity index (χ2n) is 6.47. The van der Waals surface area contributed by atoms with Crippen LogP contribution >= 0.6 is 12.0 Å².